The van der Waals surface area contributed by atoms with E-state index in [4.69, 9.17) is 4.74 Å². The van der Waals surface area contributed by atoms with Gasteiger partial charge < -0.3 is 4.74 Å². The van der Waals surface area contributed by atoms with E-state index >= 15 is 0 Å². The van der Waals surface area contributed by atoms with Crippen LogP contribution in [0.15, 0.2) is 12.4 Å². The van der Waals surface area contributed by atoms with E-state index in [1.165, 1.54) is 4.31 Å². The molecule has 1 fully saturated rings. The van der Waals surface area contributed by atoms with Crippen LogP contribution in [0.3, 0.4) is 0 Å². The van der Waals surface area contributed by atoms with Crippen LogP contribution in [-0.4, -0.2) is 33.5 Å². The molecule has 0 radical (unpaired) electrons. The van der Waals surface area contributed by atoms with Crippen molar-refractivity contribution in [2.75, 3.05) is 17.9 Å². The quantitative estimate of drug-likeness (QED) is 0.782. The topological polar surface area (TPSA) is 67.3 Å². The molecule has 2 rings (SSSR count). The molecule has 1 aromatic rings. The second kappa shape index (κ2) is 4.30. The summed E-state index contributed by atoms with van der Waals surface area (Å²) in [4.78, 5) is 18.3. The summed E-state index contributed by atoms with van der Waals surface area (Å²) in [5, 5.41) is 0. The standard InChI is InChI=1S/C7H7FN4O2S/c8-5-3-9-6(10-4-5)11-15-12-1-2-14-7(12)13/h3-4H,1-2H2,(H,9,10,11). The molecule has 0 aliphatic carbocycles. The fourth-order valence-corrected chi connectivity index (χ4v) is 1.51. The molecule has 1 aliphatic rings. The van der Waals surface area contributed by atoms with Crippen LogP contribution in [0.5, 0.6) is 0 Å². The Kier molecular flexibility index (Phi) is 2.86. The third-order valence-corrected chi connectivity index (χ3v) is 2.42. The number of hydrogen-bond donors (Lipinski definition) is 1. The number of anilines is 1. The molecule has 1 aromatic heterocycles. The van der Waals surface area contributed by atoms with Gasteiger partial charge in [0.1, 0.15) is 6.61 Å². The van der Waals surface area contributed by atoms with Gasteiger partial charge in [-0.3, -0.25) is 4.72 Å². The van der Waals surface area contributed by atoms with Gasteiger partial charge in [0.05, 0.1) is 31.1 Å². The van der Waals surface area contributed by atoms with Crippen LogP contribution < -0.4 is 4.72 Å². The molecule has 0 bridgehead atoms. The first-order chi connectivity index (χ1) is 7.25. The van der Waals surface area contributed by atoms with Crippen molar-refractivity contribution in [2.24, 2.45) is 0 Å². The number of aromatic nitrogens is 2. The molecule has 2 heterocycles. The summed E-state index contributed by atoms with van der Waals surface area (Å²) in [7, 11) is 0. The number of nitrogens with one attached hydrogen (secondary N) is 1. The number of amides is 1. The first-order valence-electron chi connectivity index (χ1n) is 4.10. The monoisotopic (exact) mass is 230 g/mol. The van der Waals surface area contributed by atoms with Crippen molar-refractivity contribution in [2.45, 2.75) is 0 Å². The van der Waals surface area contributed by atoms with Crippen molar-refractivity contribution in [1.29, 1.82) is 0 Å². The number of cyclic esters (lactones) is 1. The summed E-state index contributed by atoms with van der Waals surface area (Å²) in [6.07, 6.45) is 1.67. The lowest BCUT2D eigenvalue weighted by Crippen LogP contribution is -2.18. The Morgan fingerprint density at radius 1 is 1.53 bits per heavy atom. The van der Waals surface area contributed by atoms with Crippen LogP contribution in [0.25, 0.3) is 0 Å². The van der Waals surface area contributed by atoms with Crippen molar-refractivity contribution in [3.05, 3.63) is 18.2 Å². The predicted octanol–water partition coefficient (Wildman–Crippen LogP) is 1.04. The molecule has 1 saturated heterocycles. The molecule has 80 valence electrons. The summed E-state index contributed by atoms with van der Waals surface area (Å²) in [6.45, 7) is 0.871. The lowest BCUT2D eigenvalue weighted by molar-refractivity contribution is 0.171. The molecule has 1 aliphatic heterocycles. The molecule has 6 nitrogen and oxygen atoms in total. The largest absolute Gasteiger partial charge is 0.447 e. The van der Waals surface area contributed by atoms with Crippen LogP contribution >= 0.6 is 12.1 Å². The van der Waals surface area contributed by atoms with E-state index in [9.17, 15) is 9.18 Å². The Labute approximate surface area is 89.1 Å². The van der Waals surface area contributed by atoms with Gasteiger partial charge in [-0.05, 0) is 0 Å². The van der Waals surface area contributed by atoms with E-state index in [1.807, 2.05) is 0 Å². The molecule has 15 heavy (non-hydrogen) atoms. The minimum Gasteiger partial charge on any atom is -0.447 e. The van der Waals surface area contributed by atoms with E-state index in [0.717, 1.165) is 24.5 Å². The lowest BCUT2D eigenvalue weighted by Gasteiger charge is -2.10. The van der Waals surface area contributed by atoms with Crippen molar-refractivity contribution >= 4 is 24.2 Å². The Hall–Kier alpha value is -1.57. The van der Waals surface area contributed by atoms with E-state index in [0.29, 0.717) is 13.2 Å². The maximum absolute atomic E-state index is 12.4. The summed E-state index contributed by atoms with van der Waals surface area (Å²) in [5.74, 6) is -0.271. The molecule has 1 amide bonds. The SMILES string of the molecule is O=C1OCCN1SNc1ncc(F)cn1. The van der Waals surface area contributed by atoms with Crippen molar-refractivity contribution in [1.82, 2.24) is 14.3 Å². The minimum absolute atomic E-state index is 0.237. The maximum Gasteiger partial charge on any atom is 0.421 e. The molecular weight excluding hydrogens is 223 g/mol. The average Bonchev–Trinajstić information content (AvgIpc) is 2.63. The van der Waals surface area contributed by atoms with Crippen LogP contribution in [0, 0.1) is 5.82 Å². The van der Waals surface area contributed by atoms with Crippen LogP contribution in [0.2, 0.25) is 0 Å². The number of ether oxygens (including phenoxy) is 1. The normalized spacial score (nSPS) is 15.3. The highest BCUT2D eigenvalue weighted by molar-refractivity contribution is 7.98. The van der Waals surface area contributed by atoms with Gasteiger partial charge in [0.25, 0.3) is 0 Å². The van der Waals surface area contributed by atoms with Gasteiger partial charge in [-0.1, -0.05) is 0 Å². The molecule has 8 heteroatoms. The molecule has 0 spiro atoms. The Bertz CT molecular complexity index is 361. The second-order valence-electron chi connectivity index (χ2n) is 2.63. The van der Waals surface area contributed by atoms with Gasteiger partial charge in [-0.25, -0.2) is 23.5 Å². The van der Waals surface area contributed by atoms with Crippen LogP contribution in [0.1, 0.15) is 0 Å². The number of hydrogen-bond acceptors (Lipinski definition) is 6. The maximum atomic E-state index is 12.4. The molecule has 0 unspecified atom stereocenters. The average molecular weight is 230 g/mol. The third kappa shape index (κ3) is 2.46. The highest BCUT2D eigenvalue weighted by Gasteiger charge is 2.22. The first kappa shape index (κ1) is 9.97. The predicted molar refractivity (Wildman–Crippen MR) is 51.3 cm³/mol. The summed E-state index contributed by atoms with van der Waals surface area (Å²) < 4.78 is 21.2. The van der Waals surface area contributed by atoms with Gasteiger partial charge in [0.15, 0.2) is 5.82 Å². The number of carbonyl (C=O) groups is 1. The fraction of sp³-hybridized carbons (Fsp3) is 0.286. The molecular formula is C7H7FN4O2S. The van der Waals surface area contributed by atoms with Gasteiger partial charge in [0, 0.05) is 0 Å². The van der Waals surface area contributed by atoms with Gasteiger partial charge in [-0.2, -0.15) is 0 Å². The van der Waals surface area contributed by atoms with Gasteiger partial charge in [0.2, 0.25) is 5.95 Å². The molecule has 1 N–H and O–H groups in total. The lowest BCUT2D eigenvalue weighted by atomic mass is 10.6. The summed E-state index contributed by atoms with van der Waals surface area (Å²) in [6, 6.07) is 0. The summed E-state index contributed by atoms with van der Waals surface area (Å²) >= 11 is 1.01. The van der Waals surface area contributed by atoms with E-state index in [1.54, 1.807) is 0 Å². The van der Waals surface area contributed by atoms with Crippen molar-refractivity contribution in [3.63, 3.8) is 0 Å². The highest BCUT2D eigenvalue weighted by atomic mass is 32.2. The number of nitrogens with zero attached hydrogens (tertiary/aromatic N) is 3. The molecule has 0 saturated carbocycles. The Morgan fingerprint density at radius 2 is 2.27 bits per heavy atom. The fourth-order valence-electron chi connectivity index (χ4n) is 0.923. The third-order valence-electron chi connectivity index (χ3n) is 1.59. The number of carbonyl (C=O) groups excluding carboxylic acids is 1. The van der Waals surface area contributed by atoms with Crippen molar-refractivity contribution < 1.29 is 13.9 Å². The Morgan fingerprint density at radius 3 is 2.87 bits per heavy atom. The van der Waals surface area contributed by atoms with Gasteiger partial charge in [-0.15, -0.1) is 0 Å². The minimum atomic E-state index is -0.508. The summed E-state index contributed by atoms with van der Waals surface area (Å²) in [5.41, 5.74) is 0. The van der Waals surface area contributed by atoms with Crippen LogP contribution in [0.4, 0.5) is 15.1 Å². The zero-order valence-electron chi connectivity index (χ0n) is 7.51. The molecule has 0 atom stereocenters. The second-order valence-corrected chi connectivity index (χ2v) is 3.46. The highest BCUT2D eigenvalue weighted by Crippen LogP contribution is 2.16. The number of rotatable bonds is 3. The zero-order chi connectivity index (χ0) is 10.7. The zero-order valence-corrected chi connectivity index (χ0v) is 8.33. The number of halogens is 1. The van der Waals surface area contributed by atoms with E-state index in [2.05, 4.69) is 14.7 Å². The van der Waals surface area contributed by atoms with Gasteiger partial charge >= 0.3 is 6.09 Å². The van der Waals surface area contributed by atoms with E-state index < -0.39 is 11.9 Å². The molecule has 0 aromatic carbocycles. The Balaban J connectivity index is 1.87. The first-order valence-corrected chi connectivity index (χ1v) is 4.88. The van der Waals surface area contributed by atoms with Crippen LogP contribution in [-0.2, 0) is 4.74 Å². The van der Waals surface area contributed by atoms with Crippen molar-refractivity contribution in [3.8, 4) is 0 Å². The smallest absolute Gasteiger partial charge is 0.421 e. The van der Waals surface area contributed by atoms with E-state index in [-0.39, 0.29) is 5.95 Å².